The molecule has 3 aliphatic rings. The van der Waals surface area contributed by atoms with Crippen LogP contribution >= 0.6 is 0 Å². The molecule has 0 aromatic heterocycles. The van der Waals surface area contributed by atoms with E-state index in [0.29, 0.717) is 0 Å². The second kappa shape index (κ2) is 19.0. The zero-order chi connectivity index (χ0) is 54.4. The molecule has 0 unspecified atom stereocenters. The second-order valence-corrected chi connectivity index (χ2v) is 22.7. The van der Waals surface area contributed by atoms with Crippen molar-refractivity contribution in [2.24, 2.45) is 0 Å². The van der Waals surface area contributed by atoms with E-state index >= 15 is 0 Å². The first-order valence-corrected chi connectivity index (χ1v) is 28.5. The molecule has 12 aromatic rings. The van der Waals surface area contributed by atoms with Gasteiger partial charge in [-0.15, -0.1) is 0 Å². The first kappa shape index (κ1) is 48.4. The highest BCUT2D eigenvalue weighted by Gasteiger charge is 2.48. The maximum absolute atomic E-state index is 2.52. The van der Waals surface area contributed by atoms with Crippen LogP contribution in [0.2, 0.25) is 0 Å². The molecular weight excluding hydrogens is 977 g/mol. The molecule has 0 aliphatic heterocycles. The number of aryl methyl sites for hydroxylation is 4. The van der Waals surface area contributed by atoms with E-state index in [4.69, 9.17) is 0 Å². The van der Waals surface area contributed by atoms with E-state index in [1.807, 2.05) is 0 Å². The first-order valence-electron chi connectivity index (χ1n) is 28.5. The van der Waals surface area contributed by atoms with Crippen molar-refractivity contribution in [3.05, 3.63) is 357 Å². The third-order valence-electron chi connectivity index (χ3n) is 17.9. The van der Waals surface area contributed by atoms with E-state index in [1.165, 1.54) is 117 Å². The monoisotopic (exact) mass is 1040 g/mol. The van der Waals surface area contributed by atoms with E-state index < -0.39 is 10.8 Å². The van der Waals surface area contributed by atoms with Crippen molar-refractivity contribution in [2.45, 2.75) is 44.9 Å². The quantitative estimate of drug-likeness (QED) is 0.135. The molecule has 0 bridgehead atoms. The zero-order valence-corrected chi connectivity index (χ0v) is 46.2. The summed E-state index contributed by atoms with van der Waals surface area (Å²) in [6.45, 7) is 8.76. The van der Waals surface area contributed by atoms with Gasteiger partial charge in [0.1, 0.15) is 0 Å². The molecule has 0 fully saturated rings. The molecule has 2 heteroatoms. The normalized spacial score (nSPS) is 13.6. The molecule has 81 heavy (non-hydrogen) atoms. The summed E-state index contributed by atoms with van der Waals surface area (Å²) in [5.41, 5.74) is 31.3. The number of rotatable bonds is 10. The highest BCUT2D eigenvalue weighted by Crippen LogP contribution is 2.59. The van der Waals surface area contributed by atoms with Gasteiger partial charge in [0.15, 0.2) is 0 Å². The van der Waals surface area contributed by atoms with Crippen molar-refractivity contribution >= 4 is 34.1 Å². The van der Waals surface area contributed by atoms with E-state index in [9.17, 15) is 0 Å². The van der Waals surface area contributed by atoms with Crippen LogP contribution in [0.4, 0.5) is 34.1 Å². The topological polar surface area (TPSA) is 6.48 Å². The molecule has 0 amide bonds. The van der Waals surface area contributed by atoms with Crippen LogP contribution in [0.15, 0.2) is 279 Å². The molecular formula is C79H60N2. The summed E-state index contributed by atoms with van der Waals surface area (Å²) < 4.78 is 0. The fourth-order valence-corrected chi connectivity index (χ4v) is 14.3. The summed E-state index contributed by atoms with van der Waals surface area (Å²) in [7, 11) is 0. The Morgan fingerprint density at radius 3 is 1.11 bits per heavy atom. The Labute approximate surface area is 476 Å². The molecule has 0 saturated heterocycles. The minimum absolute atomic E-state index is 0.529. The predicted octanol–water partition coefficient (Wildman–Crippen LogP) is 20.2. The maximum atomic E-state index is 2.52. The van der Waals surface area contributed by atoms with Crippen molar-refractivity contribution in [1.29, 1.82) is 0 Å². The highest BCUT2D eigenvalue weighted by atomic mass is 15.2. The van der Waals surface area contributed by atoms with Gasteiger partial charge in [0.25, 0.3) is 0 Å². The van der Waals surface area contributed by atoms with Crippen LogP contribution in [-0.4, -0.2) is 0 Å². The lowest BCUT2D eigenvalue weighted by Gasteiger charge is -2.35. The smallest absolute Gasteiger partial charge is 0.0714 e. The Balaban J connectivity index is 0.886. The van der Waals surface area contributed by atoms with Crippen molar-refractivity contribution in [3.8, 4) is 33.4 Å². The van der Waals surface area contributed by atoms with Gasteiger partial charge < -0.3 is 9.80 Å². The molecule has 0 radical (unpaired) electrons. The minimum atomic E-state index is -0.531. The Morgan fingerprint density at radius 1 is 0.259 bits per heavy atom. The van der Waals surface area contributed by atoms with Gasteiger partial charge in [-0.25, -0.2) is 0 Å². The summed E-state index contributed by atoms with van der Waals surface area (Å²) in [5, 5.41) is 0. The summed E-state index contributed by atoms with van der Waals surface area (Å²) >= 11 is 0. The number of fused-ring (bicyclic) bond motifs is 9. The predicted molar refractivity (Wildman–Crippen MR) is 338 cm³/mol. The van der Waals surface area contributed by atoms with Crippen LogP contribution in [0.25, 0.3) is 33.4 Å². The Morgan fingerprint density at radius 2 is 0.642 bits per heavy atom. The lowest BCUT2D eigenvalue weighted by atomic mass is 9.67. The zero-order valence-electron chi connectivity index (χ0n) is 46.2. The van der Waals surface area contributed by atoms with E-state index in [0.717, 1.165) is 34.9 Å². The number of hydrogen-bond acceptors (Lipinski definition) is 2. The van der Waals surface area contributed by atoms with Crippen LogP contribution in [0.1, 0.15) is 77.9 Å². The van der Waals surface area contributed by atoms with Gasteiger partial charge in [-0.1, -0.05) is 223 Å². The fourth-order valence-electron chi connectivity index (χ4n) is 14.3. The SMILES string of the molecule is Cc1ccc(C2(c3cccc(N(c4cccc(C)c4)c4ccc5c(c4)-c4cccc(N(c6cccc(C)c6)c6cccc(C7(c8ccc(C)cc8)c8ccccc8-c8ccccc87)c6)c4C5)c3)c3ccccc3-c3ccccc32)cc1. The second-order valence-electron chi connectivity index (χ2n) is 22.7. The molecule has 386 valence electrons. The molecule has 0 heterocycles. The van der Waals surface area contributed by atoms with Crippen molar-refractivity contribution in [2.75, 3.05) is 9.80 Å². The summed E-state index contributed by atoms with van der Waals surface area (Å²) in [4.78, 5) is 4.99. The van der Waals surface area contributed by atoms with Gasteiger partial charge in [0, 0.05) is 34.9 Å². The number of hydrogen-bond donors (Lipinski definition) is 0. The third-order valence-corrected chi connectivity index (χ3v) is 17.9. The van der Waals surface area contributed by atoms with Crippen LogP contribution in [0, 0.1) is 27.7 Å². The van der Waals surface area contributed by atoms with Crippen molar-refractivity contribution < 1.29 is 0 Å². The molecule has 0 N–H and O–H groups in total. The maximum Gasteiger partial charge on any atom is 0.0714 e. The third kappa shape index (κ3) is 7.47. The lowest BCUT2D eigenvalue weighted by molar-refractivity contribution is 0.768. The molecule has 0 saturated carbocycles. The standard InChI is InChI=1S/C79H60N2/c1-52-36-41-57(42-37-52)78(73-31-9-5-26-67(73)68-27-6-10-32-74(68)78)59-20-15-24-63(49-59)80(61-22-13-18-54(3)46-61)65-45-40-56-48-72-66(71(56)51-65)30-17-35-77(72)81(62-23-14-19-55(4)47-62)64-25-16-21-60(50-64)79(58-43-38-53(2)39-44-58)75-33-11-7-28-69(75)70-29-8-12-34-76(70)79/h5-47,49-51H,48H2,1-4H3. The highest BCUT2D eigenvalue weighted by molar-refractivity contribution is 5.93. The Kier molecular flexibility index (Phi) is 11.3. The molecule has 12 aromatic carbocycles. The van der Waals surface area contributed by atoms with Gasteiger partial charge in [-0.3, -0.25) is 0 Å². The molecule has 15 rings (SSSR count). The van der Waals surface area contributed by atoms with Gasteiger partial charge >= 0.3 is 0 Å². The molecule has 3 aliphatic carbocycles. The van der Waals surface area contributed by atoms with E-state index in [1.54, 1.807) is 0 Å². The molecule has 0 atom stereocenters. The number of benzene rings is 12. The lowest BCUT2D eigenvalue weighted by Crippen LogP contribution is -2.29. The summed E-state index contributed by atoms with van der Waals surface area (Å²) in [5.74, 6) is 0. The largest absolute Gasteiger partial charge is 0.310 e. The minimum Gasteiger partial charge on any atom is -0.310 e. The Hall–Kier alpha value is -9.76. The van der Waals surface area contributed by atoms with Gasteiger partial charge in [-0.05, 0) is 195 Å². The van der Waals surface area contributed by atoms with Crippen LogP contribution in [0.3, 0.4) is 0 Å². The summed E-state index contributed by atoms with van der Waals surface area (Å²) in [6.07, 6.45) is 0.814. The van der Waals surface area contributed by atoms with Crippen LogP contribution in [-0.2, 0) is 17.3 Å². The van der Waals surface area contributed by atoms with Gasteiger partial charge in [0.05, 0.1) is 16.5 Å². The first-order chi connectivity index (χ1) is 39.8. The van der Waals surface area contributed by atoms with Gasteiger partial charge in [0.2, 0.25) is 0 Å². The number of nitrogens with zero attached hydrogens (tertiary/aromatic N) is 2. The van der Waals surface area contributed by atoms with E-state index in [2.05, 4.69) is 317 Å². The molecule has 0 spiro atoms. The van der Waals surface area contributed by atoms with Gasteiger partial charge in [-0.2, -0.15) is 0 Å². The Bertz CT molecular complexity index is 4350. The van der Waals surface area contributed by atoms with E-state index in [-0.39, 0.29) is 0 Å². The molecule has 2 nitrogen and oxygen atoms in total. The van der Waals surface area contributed by atoms with Crippen LogP contribution in [0.5, 0.6) is 0 Å². The van der Waals surface area contributed by atoms with Crippen LogP contribution < -0.4 is 9.80 Å². The fraction of sp³-hybridized carbons (Fsp3) is 0.0886. The average molecular weight is 1040 g/mol. The van der Waals surface area contributed by atoms with Crippen molar-refractivity contribution in [1.82, 2.24) is 0 Å². The summed E-state index contributed by atoms with van der Waals surface area (Å²) in [6, 6.07) is 106. The average Bonchev–Trinajstić information content (AvgIpc) is 4.35. The number of anilines is 6. The van der Waals surface area contributed by atoms with Crippen molar-refractivity contribution in [3.63, 3.8) is 0 Å².